The molecular formula is C25H25N5O. The molecule has 1 aliphatic heterocycles. The van der Waals surface area contributed by atoms with Crippen molar-refractivity contribution in [2.24, 2.45) is 0 Å². The monoisotopic (exact) mass is 411 g/mol. The van der Waals surface area contributed by atoms with Gasteiger partial charge < -0.3 is 15.6 Å². The molecule has 0 saturated carbocycles. The summed E-state index contributed by atoms with van der Waals surface area (Å²) in [5.41, 5.74) is 5.77. The summed E-state index contributed by atoms with van der Waals surface area (Å²) < 4.78 is 0. The van der Waals surface area contributed by atoms with Crippen molar-refractivity contribution in [3.8, 4) is 34.9 Å². The van der Waals surface area contributed by atoms with E-state index in [4.69, 9.17) is 9.97 Å². The maximum Gasteiger partial charge on any atom is 0.253 e. The molecule has 3 heterocycles. The zero-order valence-corrected chi connectivity index (χ0v) is 18.2. The van der Waals surface area contributed by atoms with Gasteiger partial charge in [-0.1, -0.05) is 18.1 Å². The molecule has 1 aromatic carbocycles. The van der Waals surface area contributed by atoms with Crippen LogP contribution in [0.5, 0.6) is 0 Å². The van der Waals surface area contributed by atoms with E-state index in [1.165, 1.54) is 0 Å². The van der Waals surface area contributed by atoms with Crippen LogP contribution in [0, 0.1) is 30.6 Å². The summed E-state index contributed by atoms with van der Waals surface area (Å²) in [5.74, 6) is 12.9. The van der Waals surface area contributed by atoms with Gasteiger partial charge in [0.1, 0.15) is 11.3 Å². The average Bonchev–Trinajstić information content (AvgIpc) is 3.20. The highest BCUT2D eigenvalue weighted by atomic mass is 16.1. The maximum atomic E-state index is 12.5. The van der Waals surface area contributed by atoms with Gasteiger partial charge in [0.15, 0.2) is 0 Å². The molecule has 6 heteroatoms. The number of hydrogen-bond acceptors (Lipinski definition) is 4. The fourth-order valence-corrected chi connectivity index (χ4v) is 3.92. The third kappa shape index (κ3) is 3.98. The molecule has 0 spiro atoms. The van der Waals surface area contributed by atoms with Crippen molar-refractivity contribution >= 4 is 22.8 Å². The van der Waals surface area contributed by atoms with Gasteiger partial charge in [0, 0.05) is 35.8 Å². The smallest absolute Gasteiger partial charge is 0.253 e. The number of aryl methyl sites for hydroxylation is 1. The summed E-state index contributed by atoms with van der Waals surface area (Å²) in [6, 6.07) is 7.79. The molecule has 2 atom stereocenters. The Hall–Kier alpha value is -3.77. The number of carbonyl (C=O) groups is 1. The normalized spacial score (nSPS) is 15.7. The SMILES string of the molecule is CC#CCC1CNC(=O)c2cc(-c3cccc4nc(C)c(NC(C)C#CC)nc34)[nH]c21. The first-order valence-corrected chi connectivity index (χ1v) is 10.4. The topological polar surface area (TPSA) is 82.7 Å². The van der Waals surface area contributed by atoms with E-state index in [0.717, 1.165) is 33.7 Å². The predicted octanol–water partition coefficient (Wildman–Crippen LogP) is 4.00. The Balaban J connectivity index is 1.81. The number of nitrogens with one attached hydrogen (secondary N) is 3. The number of rotatable bonds is 4. The lowest BCUT2D eigenvalue weighted by molar-refractivity contribution is 0.0940. The van der Waals surface area contributed by atoms with Crippen molar-refractivity contribution < 1.29 is 4.79 Å². The van der Waals surface area contributed by atoms with Crippen LogP contribution in [0.25, 0.3) is 22.3 Å². The molecule has 2 aromatic heterocycles. The van der Waals surface area contributed by atoms with Crippen molar-refractivity contribution in [3.63, 3.8) is 0 Å². The Morgan fingerprint density at radius 1 is 1.23 bits per heavy atom. The van der Waals surface area contributed by atoms with Crippen LogP contribution >= 0.6 is 0 Å². The molecule has 6 nitrogen and oxygen atoms in total. The molecule has 3 aromatic rings. The standard InChI is InChI=1S/C25H25N5O/c1-5-7-10-17-14-26-25(31)19-13-21(29-22(17)19)18-11-8-12-20-23(18)30-24(16(4)28-20)27-15(3)9-6-2/h8,11-13,15,17,29H,10,14H2,1-4H3,(H,26,31)(H,27,30). The van der Waals surface area contributed by atoms with Crippen molar-refractivity contribution in [1.82, 2.24) is 20.3 Å². The summed E-state index contributed by atoms with van der Waals surface area (Å²) in [6.07, 6.45) is 0.697. The molecule has 3 N–H and O–H groups in total. The van der Waals surface area contributed by atoms with Crippen LogP contribution in [0.15, 0.2) is 24.3 Å². The van der Waals surface area contributed by atoms with E-state index in [1.54, 1.807) is 0 Å². The summed E-state index contributed by atoms with van der Waals surface area (Å²) in [4.78, 5) is 25.6. The summed E-state index contributed by atoms with van der Waals surface area (Å²) >= 11 is 0. The predicted molar refractivity (Wildman–Crippen MR) is 124 cm³/mol. The van der Waals surface area contributed by atoms with Crippen LogP contribution in [0.2, 0.25) is 0 Å². The second-order valence-electron chi connectivity index (χ2n) is 7.64. The third-order valence-corrected chi connectivity index (χ3v) is 5.41. The zero-order chi connectivity index (χ0) is 22.0. The number of nitrogens with zero attached hydrogens (tertiary/aromatic N) is 2. The fraction of sp³-hybridized carbons (Fsp3) is 0.320. The molecule has 0 bridgehead atoms. The number of carbonyl (C=O) groups excluding carboxylic acids is 1. The van der Waals surface area contributed by atoms with E-state index in [9.17, 15) is 4.79 Å². The van der Waals surface area contributed by atoms with Crippen LogP contribution in [-0.2, 0) is 0 Å². The molecule has 156 valence electrons. The van der Waals surface area contributed by atoms with Gasteiger partial charge in [-0.2, -0.15) is 0 Å². The number of aromatic amines is 1. The number of para-hydroxylation sites is 1. The lowest BCUT2D eigenvalue weighted by Crippen LogP contribution is -2.34. The number of aromatic nitrogens is 3. The van der Waals surface area contributed by atoms with Crippen molar-refractivity contribution in [3.05, 3.63) is 41.2 Å². The summed E-state index contributed by atoms with van der Waals surface area (Å²) in [6.45, 7) is 8.16. The minimum Gasteiger partial charge on any atom is -0.357 e. The fourth-order valence-electron chi connectivity index (χ4n) is 3.92. The molecule has 0 fully saturated rings. The van der Waals surface area contributed by atoms with E-state index >= 15 is 0 Å². The van der Waals surface area contributed by atoms with E-state index in [2.05, 4.69) is 39.3 Å². The first kappa shape index (κ1) is 20.5. The highest BCUT2D eigenvalue weighted by Crippen LogP contribution is 2.33. The lowest BCUT2D eigenvalue weighted by atomic mass is 9.94. The van der Waals surface area contributed by atoms with Crippen molar-refractivity contribution in [2.45, 2.75) is 46.1 Å². The molecule has 1 amide bonds. The number of anilines is 1. The number of amides is 1. The first-order chi connectivity index (χ1) is 15.0. The Kier molecular flexibility index (Phi) is 5.64. The Bertz CT molecular complexity index is 1280. The second-order valence-corrected chi connectivity index (χ2v) is 7.64. The number of benzene rings is 1. The molecular weight excluding hydrogens is 386 g/mol. The minimum atomic E-state index is -0.0605. The van der Waals surface area contributed by atoms with Gasteiger partial charge in [0.2, 0.25) is 0 Å². The summed E-state index contributed by atoms with van der Waals surface area (Å²) in [5, 5.41) is 6.30. The van der Waals surface area contributed by atoms with E-state index in [-0.39, 0.29) is 17.9 Å². The minimum absolute atomic E-state index is 0.0375. The molecule has 1 aliphatic rings. The molecule has 0 saturated heterocycles. The highest BCUT2D eigenvalue weighted by Gasteiger charge is 2.28. The van der Waals surface area contributed by atoms with E-state index < -0.39 is 0 Å². The van der Waals surface area contributed by atoms with Crippen LogP contribution in [0.4, 0.5) is 5.82 Å². The molecule has 0 radical (unpaired) electrons. The average molecular weight is 412 g/mol. The van der Waals surface area contributed by atoms with Gasteiger partial charge in [-0.15, -0.1) is 17.8 Å². The van der Waals surface area contributed by atoms with Crippen molar-refractivity contribution in [1.29, 1.82) is 0 Å². The largest absolute Gasteiger partial charge is 0.357 e. The maximum absolute atomic E-state index is 12.5. The van der Waals surface area contributed by atoms with Crippen molar-refractivity contribution in [2.75, 3.05) is 11.9 Å². The number of H-pyrrole nitrogens is 1. The lowest BCUT2D eigenvalue weighted by Gasteiger charge is -2.21. The van der Waals surface area contributed by atoms with Gasteiger partial charge in [-0.25, -0.2) is 9.97 Å². The summed E-state index contributed by atoms with van der Waals surface area (Å²) in [7, 11) is 0. The first-order valence-electron chi connectivity index (χ1n) is 10.4. The van der Waals surface area contributed by atoms with Crippen LogP contribution in [0.3, 0.4) is 0 Å². The van der Waals surface area contributed by atoms with Gasteiger partial charge in [-0.3, -0.25) is 4.79 Å². The second kappa shape index (κ2) is 8.53. The third-order valence-electron chi connectivity index (χ3n) is 5.41. The van der Waals surface area contributed by atoms with Gasteiger partial charge in [0.25, 0.3) is 5.91 Å². The van der Waals surface area contributed by atoms with Gasteiger partial charge >= 0.3 is 0 Å². The number of fused-ring (bicyclic) bond motifs is 2. The van der Waals surface area contributed by atoms with Gasteiger partial charge in [-0.05, 0) is 39.8 Å². The quantitative estimate of drug-likeness (QED) is 0.567. The number of hydrogen-bond donors (Lipinski definition) is 3. The van der Waals surface area contributed by atoms with E-state index in [0.29, 0.717) is 24.3 Å². The zero-order valence-electron chi connectivity index (χ0n) is 18.2. The van der Waals surface area contributed by atoms with Crippen LogP contribution < -0.4 is 10.6 Å². The van der Waals surface area contributed by atoms with Crippen LogP contribution in [-0.4, -0.2) is 33.4 Å². The Morgan fingerprint density at radius 2 is 2.06 bits per heavy atom. The van der Waals surface area contributed by atoms with Gasteiger partial charge in [0.05, 0.1) is 22.8 Å². The van der Waals surface area contributed by atoms with Crippen LogP contribution in [0.1, 0.15) is 54.9 Å². The molecule has 31 heavy (non-hydrogen) atoms. The molecule has 4 rings (SSSR count). The molecule has 2 unspecified atom stereocenters. The Labute approximate surface area is 182 Å². The Morgan fingerprint density at radius 3 is 2.84 bits per heavy atom. The van der Waals surface area contributed by atoms with E-state index in [1.807, 2.05) is 52.0 Å². The highest BCUT2D eigenvalue weighted by molar-refractivity contribution is 6.00. The molecule has 0 aliphatic carbocycles.